The Morgan fingerprint density at radius 3 is 2.33 bits per heavy atom. The van der Waals surface area contributed by atoms with Crippen molar-refractivity contribution >= 4 is 24.8 Å². The molecule has 0 aromatic heterocycles. The summed E-state index contributed by atoms with van der Waals surface area (Å²) in [7, 11) is 0. The molecule has 0 amide bonds. The molecule has 0 saturated carbocycles. The van der Waals surface area contributed by atoms with Crippen molar-refractivity contribution in [2.75, 3.05) is 0 Å². The smallest absolute Gasteiger partial charge is 0.147 e. The largest absolute Gasteiger partial charge is 0.147 e. The van der Waals surface area contributed by atoms with E-state index in [1.54, 1.807) is 6.07 Å². The molecular formula is C16H21Cl2FOTi. The molecule has 0 heterocycles. The average Bonchev–Trinajstić information content (AvgIpc) is 2.70. The summed E-state index contributed by atoms with van der Waals surface area (Å²) in [5, 5.41) is 0. The third kappa shape index (κ3) is 5.79. The normalized spacial score (nSPS) is 13.6. The quantitative estimate of drug-likeness (QED) is 0.634. The van der Waals surface area contributed by atoms with Gasteiger partial charge < -0.3 is 0 Å². The van der Waals surface area contributed by atoms with Gasteiger partial charge in [0.15, 0.2) is 0 Å². The molecule has 21 heavy (non-hydrogen) atoms. The minimum atomic E-state index is -0.652. The fourth-order valence-corrected chi connectivity index (χ4v) is 3.17. The fraction of sp³-hybridized carbons (Fsp3) is 0.375. The molecule has 5 heteroatoms. The number of hydrogen-bond acceptors (Lipinski definition) is 1. The second-order valence-electron chi connectivity index (χ2n) is 5.90. The van der Waals surface area contributed by atoms with E-state index < -0.39 is 19.5 Å². The molecule has 1 aromatic carbocycles. The van der Waals surface area contributed by atoms with Gasteiger partial charge in [-0.1, -0.05) is 0 Å². The third-order valence-corrected chi connectivity index (χ3v) is 5.04. The second-order valence-corrected chi connectivity index (χ2v) is 7.48. The minimum absolute atomic E-state index is 0. The zero-order valence-electron chi connectivity index (χ0n) is 12.7. The molecule has 0 aliphatic heterocycles. The average molecular weight is 367 g/mol. The maximum atomic E-state index is 13.6. The summed E-state index contributed by atoms with van der Waals surface area (Å²) >= 11 is -0.652. The van der Waals surface area contributed by atoms with E-state index in [9.17, 15) is 4.39 Å². The summed E-state index contributed by atoms with van der Waals surface area (Å²) in [6.45, 7) is 8.35. The predicted octanol–water partition coefficient (Wildman–Crippen LogP) is 5.58. The van der Waals surface area contributed by atoms with Gasteiger partial charge in [-0.2, -0.15) is 0 Å². The molecule has 0 bridgehead atoms. The maximum Gasteiger partial charge on any atom is -0.147 e. The first-order chi connectivity index (χ1) is 8.86. The molecule has 1 aromatic rings. The van der Waals surface area contributed by atoms with E-state index in [0.717, 1.165) is 12.0 Å². The fourth-order valence-electron chi connectivity index (χ4n) is 1.91. The van der Waals surface area contributed by atoms with Gasteiger partial charge in [-0.05, 0) is 0 Å². The van der Waals surface area contributed by atoms with Crippen molar-refractivity contribution in [2.24, 2.45) is 0 Å². The van der Waals surface area contributed by atoms with Crippen molar-refractivity contribution in [2.45, 2.75) is 39.5 Å². The van der Waals surface area contributed by atoms with Crippen molar-refractivity contribution < 1.29 is 27.3 Å². The van der Waals surface area contributed by atoms with Crippen LogP contribution in [-0.4, -0.2) is 0 Å². The molecule has 0 unspecified atom stereocenters. The first kappa shape index (κ1) is 20.7. The van der Waals surface area contributed by atoms with Crippen molar-refractivity contribution in [3.8, 4) is 5.75 Å². The summed E-state index contributed by atoms with van der Waals surface area (Å²) in [5.41, 5.74) is 2.22. The Kier molecular flexibility index (Phi) is 8.27. The molecule has 0 N–H and O–H groups in total. The first-order valence-corrected chi connectivity index (χ1v) is 7.88. The van der Waals surface area contributed by atoms with Crippen molar-refractivity contribution in [1.82, 2.24) is 0 Å². The van der Waals surface area contributed by atoms with Gasteiger partial charge in [0, 0.05) is 0 Å². The molecule has 116 valence electrons. The van der Waals surface area contributed by atoms with E-state index in [2.05, 4.69) is 39.8 Å². The van der Waals surface area contributed by atoms with E-state index in [4.69, 9.17) is 3.32 Å². The summed E-state index contributed by atoms with van der Waals surface area (Å²) in [6.07, 6.45) is 5.28. The first-order valence-electron chi connectivity index (χ1n) is 6.46. The SMILES string of the molecule is CC1=[C]([Ti][O]c2cc(F)cc(C(C)(C)C)c2)CC=C1.Cl.Cl. The van der Waals surface area contributed by atoms with Crippen LogP contribution >= 0.6 is 24.8 Å². The number of halogens is 3. The van der Waals surface area contributed by atoms with Crippen LogP contribution in [0.1, 0.15) is 39.7 Å². The zero-order valence-corrected chi connectivity index (χ0v) is 15.9. The number of benzene rings is 1. The van der Waals surface area contributed by atoms with Gasteiger partial charge in [0.2, 0.25) is 0 Å². The summed E-state index contributed by atoms with van der Waals surface area (Å²) < 4.78 is 20.9. The Bertz CT molecular complexity index is 548. The number of hydrogen-bond donors (Lipinski definition) is 0. The second kappa shape index (κ2) is 8.38. The van der Waals surface area contributed by atoms with E-state index in [-0.39, 0.29) is 36.0 Å². The van der Waals surface area contributed by atoms with E-state index in [1.807, 2.05) is 6.07 Å². The summed E-state index contributed by atoms with van der Waals surface area (Å²) in [4.78, 5) is 0. The van der Waals surface area contributed by atoms with Crippen LogP contribution in [0.15, 0.2) is 39.8 Å². The van der Waals surface area contributed by atoms with Gasteiger partial charge in [-0.3, -0.25) is 0 Å². The van der Waals surface area contributed by atoms with Crippen molar-refractivity contribution in [3.63, 3.8) is 0 Å². The van der Waals surface area contributed by atoms with Crippen molar-refractivity contribution in [3.05, 3.63) is 51.2 Å². The van der Waals surface area contributed by atoms with Crippen LogP contribution in [0.25, 0.3) is 0 Å². The Morgan fingerprint density at radius 2 is 1.81 bits per heavy atom. The monoisotopic (exact) mass is 366 g/mol. The van der Waals surface area contributed by atoms with E-state index in [1.165, 1.54) is 15.5 Å². The van der Waals surface area contributed by atoms with E-state index in [0.29, 0.717) is 5.75 Å². The van der Waals surface area contributed by atoms with Crippen LogP contribution in [0, 0.1) is 5.82 Å². The molecule has 0 saturated heterocycles. The topological polar surface area (TPSA) is 9.23 Å². The Hall–Kier alpha value is -0.276. The van der Waals surface area contributed by atoms with Crippen molar-refractivity contribution in [1.29, 1.82) is 0 Å². The number of allylic oxidation sites excluding steroid dienone is 4. The Balaban J connectivity index is 0.00000200. The standard InChI is InChI=1S/C10H13FO.C6H7.2ClH.Ti/c1-10(2,3)7-4-8(11)6-9(12)5-7;1-6-4-2-3-5-6;;;/h4-6,12H,1-3H3;2,4H,3H2,1H3;2*1H;/q;;;;+1/p-1. The van der Waals surface area contributed by atoms with Crippen LogP contribution < -0.4 is 3.32 Å². The third-order valence-electron chi connectivity index (χ3n) is 3.20. The molecule has 0 atom stereocenters. The Labute approximate surface area is 148 Å². The molecular weight excluding hydrogens is 346 g/mol. The van der Waals surface area contributed by atoms with E-state index >= 15 is 0 Å². The molecule has 1 aliphatic rings. The van der Waals surface area contributed by atoms with Crippen LogP contribution in [0.4, 0.5) is 4.39 Å². The van der Waals surface area contributed by atoms with Gasteiger partial charge >= 0.3 is 124 Å². The molecule has 0 spiro atoms. The van der Waals surface area contributed by atoms with Crippen LogP contribution in [-0.2, 0) is 25.0 Å². The van der Waals surface area contributed by atoms with Crippen LogP contribution in [0.2, 0.25) is 0 Å². The molecule has 2 rings (SSSR count). The Morgan fingerprint density at radius 1 is 1.14 bits per heavy atom. The molecule has 1 aliphatic carbocycles. The maximum absolute atomic E-state index is 13.6. The minimum Gasteiger partial charge on any atom is -0.147 e. The molecule has 0 fully saturated rings. The van der Waals surface area contributed by atoms with Gasteiger partial charge in [-0.15, -0.1) is 24.8 Å². The summed E-state index contributed by atoms with van der Waals surface area (Å²) in [5.74, 6) is 0.446. The molecule has 0 radical (unpaired) electrons. The predicted molar refractivity (Wildman–Crippen MR) is 86.7 cm³/mol. The number of rotatable bonds is 3. The van der Waals surface area contributed by atoms with Gasteiger partial charge in [0.05, 0.1) is 0 Å². The zero-order chi connectivity index (χ0) is 14.0. The molecule has 1 nitrogen and oxygen atoms in total. The summed E-state index contributed by atoms with van der Waals surface area (Å²) in [6, 6.07) is 5.04. The van der Waals surface area contributed by atoms with Gasteiger partial charge in [0.1, 0.15) is 0 Å². The van der Waals surface area contributed by atoms with Crippen LogP contribution in [0.3, 0.4) is 0 Å². The van der Waals surface area contributed by atoms with Crippen LogP contribution in [0.5, 0.6) is 5.75 Å². The van der Waals surface area contributed by atoms with Gasteiger partial charge in [0.25, 0.3) is 0 Å². The van der Waals surface area contributed by atoms with Gasteiger partial charge in [-0.25, -0.2) is 0 Å².